The predicted molar refractivity (Wildman–Crippen MR) is 68.1 cm³/mol. The van der Waals surface area contributed by atoms with E-state index in [1.165, 1.54) is 0 Å². The number of hydrogen-bond donors (Lipinski definition) is 1. The van der Waals surface area contributed by atoms with E-state index in [2.05, 4.69) is 0 Å². The summed E-state index contributed by atoms with van der Waals surface area (Å²) in [6, 6.07) is 0. The SMILES string of the molecule is Cc1c(C)c(C(=O)O)c(C)c(C)c1OC(C)C. The van der Waals surface area contributed by atoms with Crippen LogP contribution in [0.2, 0.25) is 0 Å². The first-order chi connectivity index (χ1) is 7.77. The third kappa shape index (κ3) is 2.43. The summed E-state index contributed by atoms with van der Waals surface area (Å²) >= 11 is 0. The summed E-state index contributed by atoms with van der Waals surface area (Å²) in [5.74, 6) is -0.0534. The van der Waals surface area contributed by atoms with E-state index in [1.54, 1.807) is 0 Å². The molecule has 0 unspecified atom stereocenters. The van der Waals surface area contributed by atoms with Gasteiger partial charge in [-0.1, -0.05) is 0 Å². The number of carboxylic acid groups (broad SMARTS) is 1. The molecular weight excluding hydrogens is 216 g/mol. The van der Waals surface area contributed by atoms with Crippen molar-refractivity contribution >= 4 is 5.97 Å². The van der Waals surface area contributed by atoms with Crippen LogP contribution >= 0.6 is 0 Å². The molecule has 0 fully saturated rings. The molecule has 0 aliphatic heterocycles. The Labute approximate surface area is 102 Å². The maximum Gasteiger partial charge on any atom is 0.336 e. The Balaban J connectivity index is 3.52. The second-order valence-corrected chi connectivity index (χ2v) is 4.68. The zero-order valence-corrected chi connectivity index (χ0v) is 11.3. The van der Waals surface area contributed by atoms with Crippen molar-refractivity contribution in [3.63, 3.8) is 0 Å². The number of carbonyl (C=O) groups is 1. The minimum absolute atomic E-state index is 0.0851. The van der Waals surface area contributed by atoms with Crippen LogP contribution in [0, 0.1) is 27.7 Å². The fourth-order valence-electron chi connectivity index (χ4n) is 2.01. The van der Waals surface area contributed by atoms with Crippen molar-refractivity contribution in [2.75, 3.05) is 0 Å². The molecule has 0 radical (unpaired) electrons. The van der Waals surface area contributed by atoms with Crippen LogP contribution in [-0.2, 0) is 0 Å². The molecule has 1 rings (SSSR count). The van der Waals surface area contributed by atoms with E-state index in [-0.39, 0.29) is 6.10 Å². The second-order valence-electron chi connectivity index (χ2n) is 4.68. The first-order valence-corrected chi connectivity index (χ1v) is 5.77. The highest BCUT2D eigenvalue weighted by molar-refractivity contribution is 5.92. The zero-order valence-electron chi connectivity index (χ0n) is 11.3. The molecule has 0 aromatic heterocycles. The van der Waals surface area contributed by atoms with Gasteiger partial charge in [-0.25, -0.2) is 4.79 Å². The molecule has 1 aromatic rings. The van der Waals surface area contributed by atoms with Gasteiger partial charge in [0.2, 0.25) is 0 Å². The largest absolute Gasteiger partial charge is 0.490 e. The summed E-state index contributed by atoms with van der Waals surface area (Å²) in [5.41, 5.74) is 3.81. The molecule has 94 valence electrons. The lowest BCUT2D eigenvalue weighted by Crippen LogP contribution is -2.13. The highest BCUT2D eigenvalue weighted by Crippen LogP contribution is 2.33. The lowest BCUT2D eigenvalue weighted by Gasteiger charge is -2.20. The molecule has 17 heavy (non-hydrogen) atoms. The second kappa shape index (κ2) is 4.78. The van der Waals surface area contributed by atoms with E-state index in [4.69, 9.17) is 4.74 Å². The lowest BCUT2D eigenvalue weighted by molar-refractivity contribution is 0.0695. The van der Waals surface area contributed by atoms with Crippen molar-refractivity contribution in [1.82, 2.24) is 0 Å². The predicted octanol–water partition coefficient (Wildman–Crippen LogP) is 3.41. The Hall–Kier alpha value is -1.51. The van der Waals surface area contributed by atoms with Gasteiger partial charge >= 0.3 is 5.97 Å². The van der Waals surface area contributed by atoms with Gasteiger partial charge in [-0.2, -0.15) is 0 Å². The number of aromatic carboxylic acids is 1. The molecule has 0 spiro atoms. The summed E-state index contributed by atoms with van der Waals surface area (Å²) in [6.45, 7) is 11.4. The normalized spacial score (nSPS) is 10.8. The van der Waals surface area contributed by atoms with Crippen molar-refractivity contribution in [2.45, 2.75) is 47.6 Å². The highest BCUT2D eigenvalue weighted by atomic mass is 16.5. The van der Waals surface area contributed by atoms with E-state index < -0.39 is 5.97 Å². The fraction of sp³-hybridized carbons (Fsp3) is 0.500. The summed E-state index contributed by atoms with van der Waals surface area (Å²) in [7, 11) is 0. The van der Waals surface area contributed by atoms with Crippen molar-refractivity contribution in [2.24, 2.45) is 0 Å². The van der Waals surface area contributed by atoms with Gasteiger partial charge in [-0.05, 0) is 63.8 Å². The molecule has 0 aliphatic rings. The Morgan fingerprint density at radius 3 is 1.71 bits per heavy atom. The molecule has 0 bridgehead atoms. The average Bonchev–Trinajstić information content (AvgIpc) is 2.21. The smallest absolute Gasteiger partial charge is 0.336 e. The number of hydrogen-bond acceptors (Lipinski definition) is 2. The summed E-state index contributed by atoms with van der Waals surface area (Å²) in [4.78, 5) is 11.2. The van der Waals surface area contributed by atoms with Gasteiger partial charge < -0.3 is 9.84 Å². The van der Waals surface area contributed by atoms with Gasteiger partial charge in [-0.3, -0.25) is 0 Å². The first-order valence-electron chi connectivity index (χ1n) is 5.77. The Morgan fingerprint density at radius 1 is 1.00 bits per heavy atom. The van der Waals surface area contributed by atoms with Crippen LogP contribution in [0.15, 0.2) is 0 Å². The van der Waals surface area contributed by atoms with Crippen LogP contribution in [0.1, 0.15) is 46.5 Å². The molecule has 3 nitrogen and oxygen atoms in total. The highest BCUT2D eigenvalue weighted by Gasteiger charge is 2.20. The Kier molecular flexibility index (Phi) is 3.81. The van der Waals surface area contributed by atoms with E-state index in [1.807, 2.05) is 41.5 Å². The van der Waals surface area contributed by atoms with Gasteiger partial charge in [-0.15, -0.1) is 0 Å². The van der Waals surface area contributed by atoms with Crippen LogP contribution < -0.4 is 4.74 Å². The molecular formula is C14H20O3. The summed E-state index contributed by atoms with van der Waals surface area (Å²) < 4.78 is 5.78. The van der Waals surface area contributed by atoms with E-state index >= 15 is 0 Å². The summed E-state index contributed by atoms with van der Waals surface area (Å²) in [5, 5.41) is 9.23. The molecule has 0 aliphatic carbocycles. The van der Waals surface area contributed by atoms with Crippen LogP contribution in [0.25, 0.3) is 0 Å². The number of ether oxygens (including phenoxy) is 1. The molecule has 0 heterocycles. The van der Waals surface area contributed by atoms with Crippen molar-refractivity contribution < 1.29 is 14.6 Å². The number of benzene rings is 1. The molecule has 1 aromatic carbocycles. The van der Waals surface area contributed by atoms with Crippen LogP contribution in [-0.4, -0.2) is 17.2 Å². The molecule has 1 N–H and O–H groups in total. The quantitative estimate of drug-likeness (QED) is 0.874. The molecule has 3 heteroatoms. The zero-order chi connectivity index (χ0) is 13.3. The summed E-state index contributed by atoms with van der Waals surface area (Å²) in [6.07, 6.45) is 0.0851. The maximum atomic E-state index is 11.2. The maximum absolute atomic E-state index is 11.2. The van der Waals surface area contributed by atoms with Crippen LogP contribution in [0.3, 0.4) is 0 Å². The number of carboxylic acids is 1. The lowest BCUT2D eigenvalue weighted by atomic mass is 9.93. The third-order valence-corrected chi connectivity index (χ3v) is 3.12. The van der Waals surface area contributed by atoms with E-state index in [0.29, 0.717) is 5.56 Å². The Bertz CT molecular complexity index is 430. The van der Waals surface area contributed by atoms with Crippen LogP contribution in [0.4, 0.5) is 0 Å². The van der Waals surface area contributed by atoms with Gasteiger partial charge in [0, 0.05) is 0 Å². The minimum Gasteiger partial charge on any atom is -0.490 e. The van der Waals surface area contributed by atoms with Gasteiger partial charge in [0.15, 0.2) is 0 Å². The first kappa shape index (κ1) is 13.6. The molecule has 0 saturated carbocycles. The monoisotopic (exact) mass is 236 g/mol. The average molecular weight is 236 g/mol. The van der Waals surface area contributed by atoms with E-state index in [9.17, 15) is 9.90 Å². The van der Waals surface area contributed by atoms with Crippen molar-refractivity contribution in [1.29, 1.82) is 0 Å². The molecule has 0 atom stereocenters. The Morgan fingerprint density at radius 2 is 1.41 bits per heavy atom. The third-order valence-electron chi connectivity index (χ3n) is 3.12. The van der Waals surface area contributed by atoms with Crippen molar-refractivity contribution in [3.05, 3.63) is 27.8 Å². The van der Waals surface area contributed by atoms with Crippen LogP contribution in [0.5, 0.6) is 5.75 Å². The van der Waals surface area contributed by atoms with Crippen molar-refractivity contribution in [3.8, 4) is 5.75 Å². The fourth-order valence-corrected chi connectivity index (χ4v) is 2.01. The minimum atomic E-state index is -0.873. The molecule has 0 saturated heterocycles. The number of rotatable bonds is 3. The van der Waals surface area contributed by atoms with E-state index in [0.717, 1.165) is 28.0 Å². The molecule has 0 amide bonds. The van der Waals surface area contributed by atoms with Gasteiger partial charge in [0.05, 0.1) is 11.7 Å². The topological polar surface area (TPSA) is 46.5 Å². The van der Waals surface area contributed by atoms with Gasteiger partial charge in [0.1, 0.15) is 5.75 Å². The standard InChI is InChI=1S/C14H20O3/c1-7(2)17-13-10(5)8(3)12(14(15)16)9(4)11(13)6/h7H,1-6H3,(H,15,16). The van der Waals surface area contributed by atoms with Gasteiger partial charge in [0.25, 0.3) is 0 Å².